The van der Waals surface area contributed by atoms with Crippen LogP contribution in [0.4, 0.5) is 0 Å². The van der Waals surface area contributed by atoms with Crippen LogP contribution in [0.1, 0.15) is 41.6 Å². The summed E-state index contributed by atoms with van der Waals surface area (Å²) in [5, 5.41) is 3.66. The fourth-order valence-electron chi connectivity index (χ4n) is 3.53. The third-order valence-electron chi connectivity index (χ3n) is 4.54. The van der Waals surface area contributed by atoms with Crippen molar-refractivity contribution < 1.29 is 4.79 Å². The Morgan fingerprint density at radius 2 is 2.00 bits per heavy atom. The van der Waals surface area contributed by atoms with Gasteiger partial charge in [-0.25, -0.2) is 0 Å². The van der Waals surface area contributed by atoms with Gasteiger partial charge in [-0.2, -0.15) is 0 Å². The standard InChI is InChI=1S/C15H20N2O/c16-15(18)12-4-1-10(2-5-12)9-17-14-8-11-3-6-13(14)7-11/h1-2,4-5,11,13-14,17H,3,6-9H2,(H2,16,18). The molecule has 3 rings (SSSR count). The predicted octanol–water partition coefficient (Wildman–Crippen LogP) is 2.06. The minimum absolute atomic E-state index is 0.359. The number of carbonyl (C=O) groups is 1. The Hall–Kier alpha value is -1.35. The van der Waals surface area contributed by atoms with Crippen molar-refractivity contribution >= 4 is 5.91 Å². The van der Waals surface area contributed by atoms with Crippen molar-refractivity contribution in [1.82, 2.24) is 5.32 Å². The van der Waals surface area contributed by atoms with Crippen molar-refractivity contribution in [3.05, 3.63) is 35.4 Å². The number of nitrogens with two attached hydrogens (primary N) is 1. The van der Waals surface area contributed by atoms with Crippen molar-refractivity contribution in [1.29, 1.82) is 0 Å². The Labute approximate surface area is 108 Å². The third-order valence-corrected chi connectivity index (χ3v) is 4.54. The van der Waals surface area contributed by atoms with Crippen LogP contribution in [0.15, 0.2) is 24.3 Å². The van der Waals surface area contributed by atoms with Crippen molar-refractivity contribution in [3.8, 4) is 0 Å². The molecule has 96 valence electrons. The van der Waals surface area contributed by atoms with Gasteiger partial charge in [-0.3, -0.25) is 4.79 Å². The highest BCUT2D eigenvalue weighted by molar-refractivity contribution is 5.92. The largest absolute Gasteiger partial charge is 0.366 e. The highest BCUT2D eigenvalue weighted by Crippen LogP contribution is 2.44. The van der Waals surface area contributed by atoms with Gasteiger partial charge < -0.3 is 11.1 Å². The molecular weight excluding hydrogens is 224 g/mol. The number of benzene rings is 1. The van der Waals surface area contributed by atoms with Gasteiger partial charge >= 0.3 is 0 Å². The van der Waals surface area contributed by atoms with E-state index in [4.69, 9.17) is 5.73 Å². The summed E-state index contributed by atoms with van der Waals surface area (Å²) in [5.41, 5.74) is 7.03. The maximum atomic E-state index is 11.0. The summed E-state index contributed by atoms with van der Waals surface area (Å²) in [5.74, 6) is 1.52. The molecule has 2 bridgehead atoms. The molecule has 0 aromatic heterocycles. The van der Waals surface area contributed by atoms with Crippen LogP contribution in [-0.2, 0) is 6.54 Å². The van der Waals surface area contributed by atoms with Gasteiger partial charge in [0.2, 0.25) is 5.91 Å². The first-order valence-electron chi connectivity index (χ1n) is 6.84. The molecule has 2 saturated carbocycles. The van der Waals surface area contributed by atoms with Crippen LogP contribution >= 0.6 is 0 Å². The lowest BCUT2D eigenvalue weighted by Gasteiger charge is -2.23. The molecule has 0 heterocycles. The van der Waals surface area contributed by atoms with Gasteiger partial charge in [-0.15, -0.1) is 0 Å². The zero-order valence-corrected chi connectivity index (χ0v) is 10.6. The number of nitrogens with one attached hydrogen (secondary N) is 1. The summed E-state index contributed by atoms with van der Waals surface area (Å²) >= 11 is 0. The van der Waals surface area contributed by atoms with E-state index in [1.807, 2.05) is 12.1 Å². The summed E-state index contributed by atoms with van der Waals surface area (Å²) in [6.45, 7) is 0.896. The smallest absolute Gasteiger partial charge is 0.248 e. The number of amides is 1. The van der Waals surface area contributed by atoms with E-state index in [1.54, 1.807) is 12.1 Å². The van der Waals surface area contributed by atoms with E-state index in [-0.39, 0.29) is 5.91 Å². The highest BCUT2D eigenvalue weighted by Gasteiger charge is 2.38. The Kier molecular flexibility index (Phi) is 3.08. The molecule has 3 unspecified atom stereocenters. The van der Waals surface area contributed by atoms with Crippen molar-refractivity contribution in [3.63, 3.8) is 0 Å². The van der Waals surface area contributed by atoms with Crippen LogP contribution in [0.2, 0.25) is 0 Å². The van der Waals surface area contributed by atoms with Crippen molar-refractivity contribution in [2.45, 2.75) is 38.3 Å². The van der Waals surface area contributed by atoms with Crippen molar-refractivity contribution in [2.75, 3.05) is 0 Å². The van der Waals surface area contributed by atoms with Crippen LogP contribution in [0.25, 0.3) is 0 Å². The van der Waals surface area contributed by atoms with E-state index >= 15 is 0 Å². The van der Waals surface area contributed by atoms with E-state index in [1.165, 1.54) is 31.2 Å². The first kappa shape index (κ1) is 11.7. The van der Waals surface area contributed by atoms with Gasteiger partial charge in [0.1, 0.15) is 0 Å². The van der Waals surface area contributed by atoms with E-state index in [0.29, 0.717) is 11.6 Å². The maximum absolute atomic E-state index is 11.0. The Morgan fingerprint density at radius 3 is 2.56 bits per heavy atom. The fourth-order valence-corrected chi connectivity index (χ4v) is 3.53. The number of carbonyl (C=O) groups excluding carboxylic acids is 1. The number of rotatable bonds is 4. The molecule has 1 aromatic carbocycles. The first-order valence-corrected chi connectivity index (χ1v) is 6.84. The molecule has 3 nitrogen and oxygen atoms in total. The molecular formula is C15H20N2O. The molecule has 1 amide bonds. The fraction of sp³-hybridized carbons (Fsp3) is 0.533. The highest BCUT2D eigenvalue weighted by atomic mass is 16.1. The zero-order chi connectivity index (χ0) is 12.5. The molecule has 0 radical (unpaired) electrons. The number of hydrogen-bond acceptors (Lipinski definition) is 2. The zero-order valence-electron chi connectivity index (χ0n) is 10.6. The second kappa shape index (κ2) is 4.73. The van der Waals surface area contributed by atoms with Crippen LogP contribution in [0, 0.1) is 11.8 Å². The molecule has 2 aliphatic rings. The number of fused-ring (bicyclic) bond motifs is 2. The molecule has 3 atom stereocenters. The van der Waals surface area contributed by atoms with Crippen LogP contribution in [0.5, 0.6) is 0 Å². The average molecular weight is 244 g/mol. The minimum atomic E-state index is -0.359. The van der Waals surface area contributed by atoms with Gasteiger partial charge in [-0.05, 0) is 48.8 Å². The molecule has 2 fully saturated rings. The number of primary amides is 1. The average Bonchev–Trinajstić information content (AvgIpc) is 2.99. The Morgan fingerprint density at radius 1 is 1.22 bits per heavy atom. The summed E-state index contributed by atoms with van der Waals surface area (Å²) in [4.78, 5) is 11.0. The minimum Gasteiger partial charge on any atom is -0.366 e. The molecule has 18 heavy (non-hydrogen) atoms. The van der Waals surface area contributed by atoms with Gasteiger partial charge in [0, 0.05) is 18.2 Å². The van der Waals surface area contributed by atoms with Gasteiger partial charge in [0.05, 0.1) is 0 Å². The molecule has 1 aromatic rings. The number of hydrogen-bond donors (Lipinski definition) is 2. The molecule has 0 aliphatic heterocycles. The molecule has 0 saturated heterocycles. The Balaban J connectivity index is 1.55. The second-order valence-electron chi connectivity index (χ2n) is 5.72. The molecule has 3 N–H and O–H groups in total. The lowest BCUT2D eigenvalue weighted by Crippen LogP contribution is -2.33. The Bertz CT molecular complexity index is 440. The quantitative estimate of drug-likeness (QED) is 0.852. The summed E-state index contributed by atoms with van der Waals surface area (Å²) < 4.78 is 0. The topological polar surface area (TPSA) is 55.1 Å². The lowest BCUT2D eigenvalue weighted by molar-refractivity contribution is 0.100. The summed E-state index contributed by atoms with van der Waals surface area (Å²) in [6, 6.07) is 8.29. The SMILES string of the molecule is NC(=O)c1ccc(CNC2CC3CCC2C3)cc1. The van der Waals surface area contributed by atoms with Gasteiger partial charge in [0.25, 0.3) is 0 Å². The lowest BCUT2D eigenvalue weighted by atomic mass is 9.95. The van der Waals surface area contributed by atoms with Crippen molar-refractivity contribution in [2.24, 2.45) is 17.6 Å². The van der Waals surface area contributed by atoms with Gasteiger partial charge in [0.15, 0.2) is 0 Å². The molecule has 3 heteroatoms. The van der Waals surface area contributed by atoms with Gasteiger partial charge in [-0.1, -0.05) is 18.6 Å². The molecule has 2 aliphatic carbocycles. The monoisotopic (exact) mass is 244 g/mol. The van der Waals surface area contributed by atoms with Crippen LogP contribution in [-0.4, -0.2) is 11.9 Å². The summed E-state index contributed by atoms with van der Waals surface area (Å²) in [7, 11) is 0. The third kappa shape index (κ3) is 2.27. The van der Waals surface area contributed by atoms with E-state index in [2.05, 4.69) is 5.32 Å². The van der Waals surface area contributed by atoms with E-state index in [0.717, 1.165) is 18.4 Å². The van der Waals surface area contributed by atoms with E-state index < -0.39 is 0 Å². The maximum Gasteiger partial charge on any atom is 0.248 e. The van der Waals surface area contributed by atoms with Crippen LogP contribution < -0.4 is 11.1 Å². The second-order valence-corrected chi connectivity index (χ2v) is 5.72. The normalized spacial score (nSPS) is 29.7. The van der Waals surface area contributed by atoms with E-state index in [9.17, 15) is 4.79 Å². The first-order chi connectivity index (χ1) is 8.72. The summed E-state index contributed by atoms with van der Waals surface area (Å²) in [6.07, 6.45) is 5.63. The molecule has 0 spiro atoms. The predicted molar refractivity (Wildman–Crippen MR) is 71.0 cm³/mol. The van der Waals surface area contributed by atoms with Crippen LogP contribution in [0.3, 0.4) is 0 Å².